The summed E-state index contributed by atoms with van der Waals surface area (Å²) >= 11 is 0. The largest absolute Gasteiger partial charge is 0.373 e. The van der Waals surface area contributed by atoms with Crippen LogP contribution in [0.3, 0.4) is 0 Å². The van der Waals surface area contributed by atoms with Crippen LogP contribution in [-0.2, 0) is 19.3 Å². The zero-order valence-electron chi connectivity index (χ0n) is 5.09. The van der Waals surface area contributed by atoms with Crippen molar-refractivity contribution in [3.8, 4) is 0 Å². The second-order valence-electron chi connectivity index (χ2n) is 1.10. The molecule has 0 aliphatic heterocycles. The Balaban J connectivity index is 0. The molecule has 0 saturated heterocycles. The third-order valence-electron chi connectivity index (χ3n) is 0.180. The van der Waals surface area contributed by atoms with Crippen molar-refractivity contribution in [3.63, 3.8) is 0 Å². The van der Waals surface area contributed by atoms with Crippen LogP contribution in [0.5, 0.6) is 0 Å². The summed E-state index contributed by atoms with van der Waals surface area (Å²) in [7, 11) is -7.87. The van der Waals surface area contributed by atoms with Gasteiger partial charge in [0.05, 0.1) is 0 Å². The number of hydrogen-bond donors (Lipinski definition) is 5. The zero-order chi connectivity index (χ0) is 9.65. The smallest absolute Gasteiger partial charge is 0.370 e. The molecule has 0 rings (SSSR count). The predicted octanol–water partition coefficient (Wildman–Crippen LogP) is -2.15. The zero-order valence-corrected chi connectivity index (χ0v) is 6.72. The lowest BCUT2D eigenvalue weighted by Crippen LogP contribution is -2.20. The Kier molecular flexibility index (Phi) is 5.88. The van der Waals surface area contributed by atoms with Crippen LogP contribution in [-0.4, -0.2) is 27.7 Å². The Morgan fingerprint density at radius 2 is 1.55 bits per heavy atom. The van der Waals surface area contributed by atoms with Gasteiger partial charge < -0.3 is 11.5 Å². The van der Waals surface area contributed by atoms with Crippen LogP contribution in [0.25, 0.3) is 0 Å². The van der Waals surface area contributed by atoms with Gasteiger partial charge in [-0.25, -0.2) is 4.21 Å². The molecule has 0 amide bonds. The molecule has 10 heteroatoms. The molecule has 0 aliphatic carbocycles. The molecule has 0 aromatic heterocycles. The van der Waals surface area contributed by atoms with E-state index >= 15 is 0 Å². The van der Waals surface area contributed by atoms with Crippen molar-refractivity contribution in [2.75, 3.05) is 0 Å². The van der Waals surface area contributed by atoms with Crippen LogP contribution in [0.4, 0.5) is 0 Å². The molecule has 0 saturated carbocycles. The highest BCUT2D eigenvalue weighted by atomic mass is 33.2. The molecule has 0 aromatic carbocycles. The van der Waals surface area contributed by atoms with Gasteiger partial charge in [-0.15, -0.1) is 0 Å². The first-order valence-corrected chi connectivity index (χ1v) is 4.92. The fourth-order valence-electron chi connectivity index (χ4n) is 0. The van der Waals surface area contributed by atoms with Crippen molar-refractivity contribution >= 4 is 25.2 Å². The van der Waals surface area contributed by atoms with Crippen LogP contribution in [0.1, 0.15) is 0 Å². The van der Waals surface area contributed by atoms with Crippen LogP contribution >= 0.6 is 0 Å². The van der Waals surface area contributed by atoms with Gasteiger partial charge in [-0.05, 0) is 0 Å². The highest BCUT2D eigenvalue weighted by molar-refractivity contribution is 8.59. The van der Waals surface area contributed by atoms with Gasteiger partial charge in [0.2, 0.25) is 0 Å². The van der Waals surface area contributed by atoms with E-state index in [1.807, 2.05) is 0 Å². The van der Waals surface area contributed by atoms with Gasteiger partial charge in [0.25, 0.3) is 0 Å². The van der Waals surface area contributed by atoms with Crippen molar-refractivity contribution in [2.45, 2.75) is 0 Å². The number of nitrogens with one attached hydrogen (secondary N) is 1. The summed E-state index contributed by atoms with van der Waals surface area (Å²) in [5, 5.41) is 6.06. The first-order chi connectivity index (χ1) is 4.68. The maximum absolute atomic E-state index is 9.34. The fourth-order valence-corrected chi connectivity index (χ4v) is 0. The average molecular weight is 205 g/mol. The molecule has 1 unspecified atom stereocenters. The van der Waals surface area contributed by atoms with E-state index in [-0.39, 0.29) is 5.96 Å². The molecule has 0 fully saturated rings. The molecule has 11 heavy (non-hydrogen) atoms. The maximum atomic E-state index is 9.34. The van der Waals surface area contributed by atoms with Gasteiger partial charge in [0.1, 0.15) is 0 Å². The summed E-state index contributed by atoms with van der Waals surface area (Å²) in [6.07, 6.45) is 0. The summed E-state index contributed by atoms with van der Waals surface area (Å²) in [4.78, 5) is 0. The normalized spacial score (nSPS) is 12.5. The molecule has 7 N–H and O–H groups in total. The summed E-state index contributed by atoms with van der Waals surface area (Å²) in [6.45, 7) is 0. The summed E-state index contributed by atoms with van der Waals surface area (Å²) in [5.74, 6) is -0.333. The van der Waals surface area contributed by atoms with Gasteiger partial charge in [0.15, 0.2) is 5.96 Å². The number of rotatable bonds is 1. The third kappa shape index (κ3) is 17.6. The first-order valence-electron chi connectivity index (χ1n) is 1.86. The molecule has 0 spiro atoms. The Labute approximate surface area is 64.5 Å². The van der Waals surface area contributed by atoms with E-state index in [9.17, 15) is 12.6 Å². The van der Waals surface area contributed by atoms with Crippen molar-refractivity contribution in [2.24, 2.45) is 11.5 Å². The van der Waals surface area contributed by atoms with E-state index in [4.69, 9.17) is 14.5 Å². The number of hydrogen-bond acceptors (Lipinski definition) is 4. The topological polar surface area (TPSA) is 168 Å². The lowest BCUT2D eigenvalue weighted by atomic mass is 11.1. The number of guanidine groups is 1. The predicted molar refractivity (Wildman–Crippen MR) is 38.4 cm³/mol. The van der Waals surface area contributed by atoms with E-state index in [1.165, 1.54) is 0 Å². The molecule has 8 nitrogen and oxygen atoms in total. The van der Waals surface area contributed by atoms with Crippen molar-refractivity contribution in [1.82, 2.24) is 0 Å². The molecule has 0 aromatic rings. The minimum Gasteiger partial charge on any atom is -0.370 e. The summed E-state index contributed by atoms with van der Waals surface area (Å²) < 4.78 is 43.0. The monoisotopic (exact) mass is 205 g/mol. The van der Waals surface area contributed by atoms with E-state index < -0.39 is 19.3 Å². The Morgan fingerprint density at radius 3 is 1.55 bits per heavy atom. The lowest BCUT2D eigenvalue weighted by Gasteiger charge is -1.80. The van der Waals surface area contributed by atoms with Gasteiger partial charge in [-0.1, -0.05) is 0 Å². The van der Waals surface area contributed by atoms with E-state index in [1.54, 1.807) is 0 Å². The minimum absolute atomic E-state index is 0.333. The summed E-state index contributed by atoms with van der Waals surface area (Å²) in [5.41, 5.74) is 8.94. The molecular weight excluding hydrogens is 198 g/mol. The minimum atomic E-state index is -4.71. The van der Waals surface area contributed by atoms with Crippen LogP contribution in [0, 0.1) is 5.41 Å². The van der Waals surface area contributed by atoms with E-state index in [0.717, 1.165) is 0 Å². The van der Waals surface area contributed by atoms with Gasteiger partial charge in [-0.2, -0.15) is 8.42 Å². The first kappa shape index (κ1) is 12.9. The third-order valence-corrected chi connectivity index (χ3v) is 1.62. The Bertz CT molecular complexity index is 238. The molecule has 68 valence electrons. The highest BCUT2D eigenvalue weighted by Gasteiger charge is 2.10. The second kappa shape index (κ2) is 5.01. The Morgan fingerprint density at radius 1 is 1.45 bits per heavy atom. The Hall–Kier alpha value is -0.710. The average Bonchev–Trinajstić information content (AvgIpc) is 1.59. The molecule has 0 radical (unpaired) electrons. The van der Waals surface area contributed by atoms with Gasteiger partial charge in [0, 0.05) is 0 Å². The molecular formula is CH7N3O5S2. The maximum Gasteiger partial charge on any atom is 0.373 e. The standard InChI is InChI=1S/CH5N3.H2O5S2/c2-1(3)4;1-6(2)7(3,4)5/h(H5,2,3,4);(H,1,2)(H,3,4,5). The van der Waals surface area contributed by atoms with Crippen molar-refractivity contribution in [3.05, 3.63) is 0 Å². The quantitative estimate of drug-likeness (QED) is 0.107. The van der Waals surface area contributed by atoms with E-state index in [0.29, 0.717) is 0 Å². The molecule has 0 heterocycles. The second-order valence-corrected chi connectivity index (χ2v) is 4.51. The van der Waals surface area contributed by atoms with Gasteiger partial charge in [-0.3, -0.25) is 14.5 Å². The highest BCUT2D eigenvalue weighted by Crippen LogP contribution is 1.83. The molecule has 0 bridgehead atoms. The summed E-state index contributed by atoms with van der Waals surface area (Å²) in [6, 6.07) is 0. The number of nitrogens with two attached hydrogens (primary N) is 2. The molecule has 0 aliphatic rings. The SMILES string of the molecule is N=C(N)N.O=S(O)S(=O)(=O)O. The van der Waals surface area contributed by atoms with Crippen LogP contribution in [0.15, 0.2) is 0 Å². The lowest BCUT2D eigenvalue weighted by molar-refractivity contribution is 0.488. The van der Waals surface area contributed by atoms with E-state index in [2.05, 4.69) is 11.5 Å². The van der Waals surface area contributed by atoms with Crippen LogP contribution in [0.2, 0.25) is 0 Å². The van der Waals surface area contributed by atoms with Crippen molar-refractivity contribution < 1.29 is 21.7 Å². The van der Waals surface area contributed by atoms with Gasteiger partial charge >= 0.3 is 19.3 Å². The van der Waals surface area contributed by atoms with Crippen molar-refractivity contribution in [1.29, 1.82) is 5.41 Å². The molecule has 1 atom stereocenters. The van der Waals surface area contributed by atoms with Crippen LogP contribution < -0.4 is 11.5 Å². The fraction of sp³-hybridized carbons (Fsp3) is 0.